The number of esters is 1. The molecule has 0 bridgehead atoms. The Kier molecular flexibility index (Phi) is 4.76. The fourth-order valence-electron chi connectivity index (χ4n) is 1.33. The molecule has 0 radical (unpaired) electrons. The summed E-state index contributed by atoms with van der Waals surface area (Å²) in [6.45, 7) is 0. The molecule has 1 atom stereocenters. The quantitative estimate of drug-likeness (QED) is 0.853. The highest BCUT2D eigenvalue weighted by Crippen LogP contribution is 2.25. The second-order valence-corrected chi connectivity index (χ2v) is 4.16. The van der Waals surface area contributed by atoms with Gasteiger partial charge in [-0.25, -0.2) is 0 Å². The summed E-state index contributed by atoms with van der Waals surface area (Å²) >= 11 is 3.37. The van der Waals surface area contributed by atoms with Gasteiger partial charge in [0.05, 0.1) is 18.7 Å². The predicted octanol–water partition coefficient (Wildman–Crippen LogP) is 1.50. The first-order chi connectivity index (χ1) is 7.58. The average molecular weight is 288 g/mol. The number of carbonyl (C=O) groups is 1. The molecule has 0 heterocycles. The van der Waals surface area contributed by atoms with E-state index >= 15 is 0 Å². The summed E-state index contributed by atoms with van der Waals surface area (Å²) in [6.07, 6.45) is 0.440. The van der Waals surface area contributed by atoms with Gasteiger partial charge < -0.3 is 15.2 Å². The maximum absolute atomic E-state index is 11.1. The van der Waals surface area contributed by atoms with Crippen LogP contribution in [0.25, 0.3) is 0 Å². The Bertz CT molecular complexity index is 381. The van der Waals surface area contributed by atoms with Gasteiger partial charge in [0, 0.05) is 0 Å². The van der Waals surface area contributed by atoms with E-state index < -0.39 is 12.0 Å². The summed E-state index contributed by atoms with van der Waals surface area (Å²) < 4.78 is 10.5. The molecule has 88 valence electrons. The molecule has 0 spiro atoms. The highest BCUT2D eigenvalue weighted by molar-refractivity contribution is 9.10. The van der Waals surface area contributed by atoms with Gasteiger partial charge in [-0.3, -0.25) is 4.79 Å². The van der Waals surface area contributed by atoms with Crippen LogP contribution in [0.4, 0.5) is 0 Å². The topological polar surface area (TPSA) is 61.5 Å². The molecular formula is C11H14BrNO3. The molecule has 1 aromatic rings. The van der Waals surface area contributed by atoms with E-state index in [0.29, 0.717) is 6.42 Å². The Hall–Kier alpha value is -1.07. The molecule has 16 heavy (non-hydrogen) atoms. The summed E-state index contributed by atoms with van der Waals surface area (Å²) in [4.78, 5) is 11.1. The second kappa shape index (κ2) is 5.86. The number of rotatable bonds is 4. The van der Waals surface area contributed by atoms with Crippen molar-refractivity contribution in [3.05, 3.63) is 28.2 Å². The minimum Gasteiger partial charge on any atom is -0.496 e. The van der Waals surface area contributed by atoms with E-state index in [2.05, 4.69) is 20.7 Å². The summed E-state index contributed by atoms with van der Waals surface area (Å²) in [5.41, 5.74) is 6.61. The van der Waals surface area contributed by atoms with E-state index in [1.54, 1.807) is 7.11 Å². The van der Waals surface area contributed by atoms with Crippen molar-refractivity contribution in [3.8, 4) is 5.75 Å². The smallest absolute Gasteiger partial charge is 0.322 e. The summed E-state index contributed by atoms with van der Waals surface area (Å²) in [5, 5.41) is 0. The molecule has 2 N–H and O–H groups in total. The molecule has 0 aromatic heterocycles. The van der Waals surface area contributed by atoms with Gasteiger partial charge in [-0.05, 0) is 40.0 Å². The average Bonchev–Trinajstić information content (AvgIpc) is 2.28. The van der Waals surface area contributed by atoms with Crippen LogP contribution >= 0.6 is 15.9 Å². The molecule has 0 saturated heterocycles. The van der Waals surface area contributed by atoms with Crippen LogP contribution in [0.5, 0.6) is 5.75 Å². The van der Waals surface area contributed by atoms with E-state index in [1.807, 2.05) is 18.2 Å². The van der Waals surface area contributed by atoms with Gasteiger partial charge in [-0.15, -0.1) is 0 Å². The van der Waals surface area contributed by atoms with Crippen molar-refractivity contribution in [2.24, 2.45) is 5.73 Å². The number of benzene rings is 1. The fourth-order valence-corrected chi connectivity index (χ4v) is 1.91. The molecule has 5 heteroatoms. The SMILES string of the molecule is COC(=O)[C@@H](N)Cc1ccc(OC)c(Br)c1. The molecule has 0 aliphatic heterocycles. The summed E-state index contributed by atoms with van der Waals surface area (Å²) in [5.74, 6) is 0.335. The van der Waals surface area contributed by atoms with Crippen LogP contribution in [0.15, 0.2) is 22.7 Å². The lowest BCUT2D eigenvalue weighted by Gasteiger charge is -2.10. The van der Waals surface area contributed by atoms with Crippen LogP contribution in [0.2, 0.25) is 0 Å². The van der Waals surface area contributed by atoms with Crippen molar-refractivity contribution in [1.29, 1.82) is 0 Å². The van der Waals surface area contributed by atoms with E-state index in [1.165, 1.54) is 7.11 Å². The molecule has 1 aromatic carbocycles. The van der Waals surface area contributed by atoms with E-state index in [-0.39, 0.29) is 0 Å². The zero-order valence-corrected chi connectivity index (χ0v) is 10.8. The van der Waals surface area contributed by atoms with Crippen LogP contribution in [0, 0.1) is 0 Å². The Morgan fingerprint density at radius 1 is 1.50 bits per heavy atom. The number of ether oxygens (including phenoxy) is 2. The molecule has 0 saturated carbocycles. The number of hydrogen-bond acceptors (Lipinski definition) is 4. The Morgan fingerprint density at radius 2 is 2.19 bits per heavy atom. The third-order valence-corrected chi connectivity index (χ3v) is 2.80. The molecular weight excluding hydrogens is 274 g/mol. The van der Waals surface area contributed by atoms with Gasteiger partial charge in [0.15, 0.2) is 0 Å². The lowest BCUT2D eigenvalue weighted by Crippen LogP contribution is -2.33. The highest BCUT2D eigenvalue weighted by Gasteiger charge is 2.14. The van der Waals surface area contributed by atoms with E-state index in [9.17, 15) is 4.79 Å². The molecule has 1 rings (SSSR count). The third-order valence-electron chi connectivity index (χ3n) is 2.18. The molecule has 4 nitrogen and oxygen atoms in total. The van der Waals surface area contributed by atoms with Crippen molar-refractivity contribution < 1.29 is 14.3 Å². The first-order valence-electron chi connectivity index (χ1n) is 4.74. The van der Waals surface area contributed by atoms with Crippen LogP contribution in [0.3, 0.4) is 0 Å². The van der Waals surface area contributed by atoms with Crippen molar-refractivity contribution in [2.45, 2.75) is 12.5 Å². The standard InChI is InChI=1S/C11H14BrNO3/c1-15-10-4-3-7(5-8(10)12)6-9(13)11(14)16-2/h3-5,9H,6,13H2,1-2H3/t9-/m0/s1. The molecule has 0 aliphatic rings. The monoisotopic (exact) mass is 287 g/mol. The molecule has 0 amide bonds. The number of methoxy groups -OCH3 is 2. The third kappa shape index (κ3) is 3.21. The lowest BCUT2D eigenvalue weighted by atomic mass is 10.1. The van der Waals surface area contributed by atoms with Gasteiger partial charge in [0.1, 0.15) is 11.8 Å². The Balaban J connectivity index is 2.75. The van der Waals surface area contributed by atoms with Crippen LogP contribution < -0.4 is 10.5 Å². The highest BCUT2D eigenvalue weighted by atomic mass is 79.9. The number of hydrogen-bond donors (Lipinski definition) is 1. The lowest BCUT2D eigenvalue weighted by molar-refractivity contribution is -0.142. The first-order valence-corrected chi connectivity index (χ1v) is 5.53. The number of carbonyl (C=O) groups excluding carboxylic acids is 1. The second-order valence-electron chi connectivity index (χ2n) is 3.30. The van der Waals surface area contributed by atoms with Crippen LogP contribution in [-0.4, -0.2) is 26.2 Å². The van der Waals surface area contributed by atoms with Gasteiger partial charge in [-0.1, -0.05) is 6.07 Å². The minimum atomic E-state index is -0.634. The predicted molar refractivity (Wildman–Crippen MR) is 64.4 cm³/mol. The molecule has 0 aliphatic carbocycles. The van der Waals surface area contributed by atoms with Gasteiger partial charge in [0.2, 0.25) is 0 Å². The first kappa shape index (κ1) is 13.0. The zero-order valence-electron chi connectivity index (χ0n) is 9.20. The maximum atomic E-state index is 11.1. The van der Waals surface area contributed by atoms with Gasteiger partial charge >= 0.3 is 5.97 Å². The minimum absolute atomic E-state index is 0.410. The van der Waals surface area contributed by atoms with E-state index in [0.717, 1.165) is 15.8 Å². The number of halogens is 1. The maximum Gasteiger partial charge on any atom is 0.322 e. The van der Waals surface area contributed by atoms with Crippen molar-refractivity contribution in [1.82, 2.24) is 0 Å². The van der Waals surface area contributed by atoms with Crippen LogP contribution in [-0.2, 0) is 16.0 Å². The van der Waals surface area contributed by atoms with Gasteiger partial charge in [-0.2, -0.15) is 0 Å². The van der Waals surface area contributed by atoms with Crippen LogP contribution in [0.1, 0.15) is 5.56 Å². The van der Waals surface area contributed by atoms with E-state index in [4.69, 9.17) is 10.5 Å². The molecule has 0 fully saturated rings. The molecule has 0 unspecified atom stereocenters. The normalized spacial score (nSPS) is 12.0. The summed E-state index contributed by atoms with van der Waals surface area (Å²) in [7, 11) is 2.92. The largest absolute Gasteiger partial charge is 0.496 e. The Morgan fingerprint density at radius 3 is 2.69 bits per heavy atom. The Labute approximate surface area is 103 Å². The number of nitrogens with two attached hydrogens (primary N) is 1. The fraction of sp³-hybridized carbons (Fsp3) is 0.364. The summed E-state index contributed by atoms with van der Waals surface area (Å²) in [6, 6.07) is 4.93. The van der Waals surface area contributed by atoms with Gasteiger partial charge in [0.25, 0.3) is 0 Å². The van der Waals surface area contributed by atoms with Crippen molar-refractivity contribution in [3.63, 3.8) is 0 Å². The zero-order chi connectivity index (χ0) is 12.1. The van der Waals surface area contributed by atoms with Crippen molar-refractivity contribution in [2.75, 3.05) is 14.2 Å². The van der Waals surface area contributed by atoms with Crippen molar-refractivity contribution >= 4 is 21.9 Å².